The number of hydrogen-bond acceptors (Lipinski definition) is 6. The molecule has 22 rings (SSSR count). The fourth-order valence-electron chi connectivity index (χ4n) is 19.2. The van der Waals surface area contributed by atoms with Crippen LogP contribution in [0.1, 0.15) is 128 Å². The highest BCUT2D eigenvalue weighted by molar-refractivity contribution is 6.41. The van der Waals surface area contributed by atoms with Gasteiger partial charge in [-0.1, -0.05) is 204 Å². The third kappa shape index (κ3) is 9.07. The maximum atomic E-state index is 7.08. The lowest BCUT2D eigenvalue weighted by molar-refractivity contribution is 0.569. The molecule has 0 saturated heterocycles. The van der Waals surface area contributed by atoms with Gasteiger partial charge in [0.25, 0.3) is 0 Å². The maximum absolute atomic E-state index is 7.08. The van der Waals surface area contributed by atoms with Gasteiger partial charge in [-0.15, -0.1) is 0 Å². The molecule has 6 heterocycles. The lowest BCUT2D eigenvalue weighted by Gasteiger charge is -2.23. The van der Waals surface area contributed by atoms with Gasteiger partial charge in [-0.25, -0.2) is 0 Å². The molecule has 0 saturated carbocycles. The van der Waals surface area contributed by atoms with Crippen molar-refractivity contribution in [1.29, 1.82) is 0 Å². The number of nitrogens with zero attached hydrogens (tertiary/aromatic N) is 2. The van der Waals surface area contributed by atoms with Gasteiger partial charge in [-0.2, -0.15) is 0 Å². The van der Waals surface area contributed by atoms with E-state index in [1.54, 1.807) is 0 Å². The minimum absolute atomic E-state index is 0.0485. The fourth-order valence-corrected chi connectivity index (χ4v) is 19.2. The van der Waals surface area contributed by atoms with E-state index in [1.165, 1.54) is 131 Å². The molecule has 0 aliphatic heterocycles. The standard InChI is InChI=1S/C52H34O2.C50H48N2O2/c1-27-11-9-12-28(2)45(27)35-23-41-50-38(26-40-48-34-18-8-6-16-32(34)20-22-44(48)53-51(40)41)36(46-29(3)13-10-14-30(46)4)24-42-49(50)37(35)25-39-47-33-17-7-5-15-31(33)19-21-43(47)54-52(39)42;1-47(2,3)37-19-17-27-35(51-37)23-33-31-21-25-13-16-30-40-26(14-15-29(39(25)40)43(31)53-45(33)41(27)49(7,8)9)22-32-34-24-36-28(18-20-38(52-36)48(4,5)6)42(50(10,11)12)46(34)54-44(30)32/h5-26H,1-4H3;13-24H,1-12H3. The van der Waals surface area contributed by atoms with Crippen molar-refractivity contribution < 1.29 is 17.7 Å². The second-order valence-electron chi connectivity index (χ2n) is 35.3. The Balaban J connectivity index is 0.000000138. The highest BCUT2D eigenvalue weighted by atomic mass is 16.3. The molecule has 16 aromatic carbocycles. The van der Waals surface area contributed by atoms with Crippen LogP contribution in [0.25, 0.3) is 218 Å². The lowest BCUT2D eigenvalue weighted by atomic mass is 9.81. The molecular formula is C102H82N2O4. The average Bonchev–Trinajstić information content (AvgIpc) is 1.39. The fraction of sp³-hybridized carbons (Fsp3) is 0.196. The first-order chi connectivity index (χ1) is 51.7. The molecule has 22 aromatic rings. The predicted molar refractivity (Wildman–Crippen MR) is 460 cm³/mol. The Bertz CT molecular complexity index is 7250. The summed E-state index contributed by atoms with van der Waals surface area (Å²) in [6.07, 6.45) is 0. The van der Waals surface area contributed by atoms with Crippen LogP contribution < -0.4 is 0 Å². The van der Waals surface area contributed by atoms with Gasteiger partial charge in [-0.05, 0) is 211 Å². The van der Waals surface area contributed by atoms with Crippen molar-refractivity contribution in [3.63, 3.8) is 0 Å². The van der Waals surface area contributed by atoms with Gasteiger partial charge in [0.1, 0.15) is 44.7 Å². The highest BCUT2D eigenvalue weighted by Crippen LogP contribution is 2.55. The van der Waals surface area contributed by atoms with Crippen LogP contribution in [0.15, 0.2) is 224 Å². The minimum Gasteiger partial charge on any atom is -0.455 e. The van der Waals surface area contributed by atoms with Crippen LogP contribution in [0.4, 0.5) is 0 Å². The van der Waals surface area contributed by atoms with Crippen molar-refractivity contribution in [2.24, 2.45) is 0 Å². The Morgan fingerprint density at radius 2 is 0.583 bits per heavy atom. The zero-order valence-corrected chi connectivity index (χ0v) is 64.2. The minimum atomic E-state index is -0.156. The Morgan fingerprint density at radius 3 is 0.972 bits per heavy atom. The third-order valence-corrected chi connectivity index (χ3v) is 24.0. The number of pyridine rings is 2. The summed E-state index contributed by atoms with van der Waals surface area (Å²) in [5.74, 6) is 0. The summed E-state index contributed by atoms with van der Waals surface area (Å²) in [7, 11) is 0. The molecule has 0 bridgehead atoms. The predicted octanol–water partition coefficient (Wildman–Crippen LogP) is 29.9. The molecule has 0 unspecified atom stereocenters. The van der Waals surface area contributed by atoms with Gasteiger partial charge in [0.05, 0.1) is 11.0 Å². The van der Waals surface area contributed by atoms with Gasteiger partial charge in [0, 0.05) is 130 Å². The summed E-state index contributed by atoms with van der Waals surface area (Å²) in [5.41, 5.74) is 23.7. The topological polar surface area (TPSA) is 78.3 Å². The van der Waals surface area contributed by atoms with Gasteiger partial charge >= 0.3 is 0 Å². The van der Waals surface area contributed by atoms with E-state index in [2.05, 4.69) is 317 Å². The Labute approximate surface area is 625 Å². The Kier molecular flexibility index (Phi) is 13.1. The molecular weight excluding hydrogens is 1320 g/mol. The molecule has 6 nitrogen and oxygen atoms in total. The molecule has 0 atom stereocenters. The smallest absolute Gasteiger partial charge is 0.143 e. The number of benzene rings is 16. The van der Waals surface area contributed by atoms with Crippen molar-refractivity contribution in [3.8, 4) is 22.3 Å². The zero-order chi connectivity index (χ0) is 74.0. The number of aryl methyl sites for hydroxylation is 4. The number of hydrogen-bond donors (Lipinski definition) is 0. The van der Waals surface area contributed by atoms with Crippen LogP contribution in [0.3, 0.4) is 0 Å². The Hall–Kier alpha value is -11.9. The van der Waals surface area contributed by atoms with E-state index in [-0.39, 0.29) is 21.7 Å². The third-order valence-electron chi connectivity index (χ3n) is 24.0. The van der Waals surface area contributed by atoms with Crippen molar-refractivity contribution in [3.05, 3.63) is 251 Å². The van der Waals surface area contributed by atoms with Crippen molar-refractivity contribution in [2.75, 3.05) is 0 Å². The van der Waals surface area contributed by atoms with E-state index < -0.39 is 0 Å². The van der Waals surface area contributed by atoms with Crippen LogP contribution in [-0.4, -0.2) is 9.97 Å². The molecule has 0 amide bonds. The van der Waals surface area contributed by atoms with Crippen LogP contribution in [0, 0.1) is 27.7 Å². The number of rotatable bonds is 2. The number of fused-ring (bicyclic) bond motifs is 22. The monoisotopic (exact) mass is 1400 g/mol. The second-order valence-corrected chi connectivity index (χ2v) is 35.3. The highest BCUT2D eigenvalue weighted by Gasteiger charge is 2.33. The second kappa shape index (κ2) is 21.9. The van der Waals surface area contributed by atoms with E-state index in [0.29, 0.717) is 0 Å². The molecule has 0 N–H and O–H groups in total. The zero-order valence-electron chi connectivity index (χ0n) is 64.2. The van der Waals surface area contributed by atoms with Crippen LogP contribution in [0.2, 0.25) is 0 Å². The molecule has 108 heavy (non-hydrogen) atoms. The normalized spacial score (nSPS) is 13.2. The van der Waals surface area contributed by atoms with Gasteiger partial charge < -0.3 is 17.7 Å². The summed E-state index contributed by atoms with van der Waals surface area (Å²) in [6, 6.07) is 76.1. The van der Waals surface area contributed by atoms with Gasteiger partial charge in [-0.3, -0.25) is 9.97 Å². The molecule has 0 radical (unpaired) electrons. The summed E-state index contributed by atoms with van der Waals surface area (Å²) in [5, 5.41) is 30.5. The number of aromatic nitrogens is 2. The van der Waals surface area contributed by atoms with Crippen molar-refractivity contribution in [1.82, 2.24) is 9.97 Å². The summed E-state index contributed by atoms with van der Waals surface area (Å²) >= 11 is 0. The SMILES string of the molecule is CC(C)(C)c1ccc2c(C(C)(C)C)c3oc4c(cc5ccc6c7oc8c(C(C)(C)C)c9ccc(C(C)(C)C)nc9cc8c7cc7ccc4c5c76)c3cc2n1.Cc1cccc(C)c1-c1cc2c3oc4ccc5ccccc5c4c3cc3c(-c4c(C)cccc4C)cc4c5oc6ccc7ccccc7c6c5cc1c4c32. The van der Waals surface area contributed by atoms with Crippen LogP contribution in [-0.2, 0) is 21.7 Å². The number of furan rings is 4. The molecule has 0 fully saturated rings. The molecule has 6 aromatic heterocycles. The van der Waals surface area contributed by atoms with Gasteiger partial charge in [0.15, 0.2) is 0 Å². The summed E-state index contributed by atoms with van der Waals surface area (Å²) < 4.78 is 28.2. The first-order valence-electron chi connectivity index (χ1n) is 38.3. The quantitative estimate of drug-likeness (QED) is 0.161. The van der Waals surface area contributed by atoms with E-state index in [1.807, 2.05) is 0 Å². The van der Waals surface area contributed by atoms with E-state index in [0.717, 1.165) is 132 Å². The maximum Gasteiger partial charge on any atom is 0.143 e. The Morgan fingerprint density at radius 1 is 0.231 bits per heavy atom. The first-order valence-corrected chi connectivity index (χ1v) is 38.3. The lowest BCUT2D eigenvalue weighted by Crippen LogP contribution is -2.15. The van der Waals surface area contributed by atoms with E-state index in [4.69, 9.17) is 27.6 Å². The molecule has 6 heteroatoms. The van der Waals surface area contributed by atoms with Crippen LogP contribution in [0.5, 0.6) is 0 Å². The molecule has 524 valence electrons. The summed E-state index contributed by atoms with van der Waals surface area (Å²) in [6.45, 7) is 36.0. The summed E-state index contributed by atoms with van der Waals surface area (Å²) in [4.78, 5) is 10.5. The molecule has 0 aliphatic rings. The van der Waals surface area contributed by atoms with Crippen LogP contribution >= 0.6 is 0 Å². The average molecular weight is 1400 g/mol. The molecule has 0 aliphatic carbocycles. The van der Waals surface area contributed by atoms with Crippen molar-refractivity contribution in [2.45, 2.75) is 132 Å². The molecule has 0 spiro atoms. The van der Waals surface area contributed by atoms with E-state index >= 15 is 0 Å². The first kappa shape index (κ1) is 64.5. The van der Waals surface area contributed by atoms with Crippen molar-refractivity contribution >= 4 is 196 Å². The largest absolute Gasteiger partial charge is 0.455 e. The van der Waals surface area contributed by atoms with Gasteiger partial charge in [0.2, 0.25) is 0 Å². The van der Waals surface area contributed by atoms with E-state index in [9.17, 15) is 0 Å².